The number of carbonyl (C=O) groups excluding carboxylic acids is 3. The molecule has 166 valence electrons. The van der Waals surface area contributed by atoms with E-state index < -0.39 is 11.6 Å². The van der Waals surface area contributed by atoms with E-state index in [2.05, 4.69) is 5.32 Å². The van der Waals surface area contributed by atoms with Crippen LogP contribution < -0.4 is 5.32 Å². The normalized spacial score (nSPS) is 16.2. The van der Waals surface area contributed by atoms with E-state index in [4.69, 9.17) is 0 Å². The second kappa shape index (κ2) is 10.6. The Bertz CT molecular complexity index is 960. The molecule has 0 aliphatic carbocycles. The molecule has 0 saturated carbocycles. The van der Waals surface area contributed by atoms with Crippen LogP contribution in [-0.2, 0) is 22.6 Å². The first-order valence-corrected chi connectivity index (χ1v) is 11.3. The molecule has 5 nitrogen and oxygen atoms in total. The number of rotatable bonds is 8. The number of benzene rings is 1. The molecule has 8 heteroatoms. The van der Waals surface area contributed by atoms with Crippen molar-refractivity contribution in [2.75, 3.05) is 13.1 Å². The van der Waals surface area contributed by atoms with Gasteiger partial charge in [-0.2, -0.15) is 0 Å². The second-order valence-electron chi connectivity index (χ2n) is 7.96. The average molecular weight is 449 g/mol. The van der Waals surface area contributed by atoms with Crippen LogP contribution in [0.4, 0.5) is 8.78 Å². The first-order valence-electron chi connectivity index (χ1n) is 10.4. The quantitative estimate of drug-likeness (QED) is 0.618. The van der Waals surface area contributed by atoms with Crippen LogP contribution in [0.1, 0.15) is 53.4 Å². The van der Waals surface area contributed by atoms with Crippen LogP contribution in [0.3, 0.4) is 0 Å². The highest BCUT2D eigenvalue weighted by atomic mass is 32.1. The van der Waals surface area contributed by atoms with Crippen LogP contribution in [0.15, 0.2) is 29.6 Å². The highest BCUT2D eigenvalue weighted by Crippen LogP contribution is 2.23. The first kappa shape index (κ1) is 23.1. The summed E-state index contributed by atoms with van der Waals surface area (Å²) in [5.41, 5.74) is 1.36. The largest absolute Gasteiger partial charge is 0.352 e. The number of hydrogen-bond acceptors (Lipinski definition) is 4. The van der Waals surface area contributed by atoms with E-state index in [0.29, 0.717) is 36.4 Å². The van der Waals surface area contributed by atoms with Gasteiger partial charge in [-0.05, 0) is 66.8 Å². The van der Waals surface area contributed by atoms with Crippen molar-refractivity contribution in [1.82, 2.24) is 10.2 Å². The van der Waals surface area contributed by atoms with Gasteiger partial charge in [-0.3, -0.25) is 14.4 Å². The third-order valence-corrected chi connectivity index (χ3v) is 6.56. The summed E-state index contributed by atoms with van der Waals surface area (Å²) in [7, 11) is 0. The molecule has 2 heterocycles. The lowest BCUT2D eigenvalue weighted by Gasteiger charge is -2.32. The number of amides is 2. The molecule has 2 aromatic rings. The molecule has 1 saturated heterocycles. The Kier molecular flexibility index (Phi) is 7.90. The zero-order chi connectivity index (χ0) is 22.4. The number of nitrogens with zero attached hydrogens (tertiary/aromatic N) is 1. The fourth-order valence-corrected chi connectivity index (χ4v) is 4.56. The van der Waals surface area contributed by atoms with Gasteiger partial charge < -0.3 is 10.2 Å². The van der Waals surface area contributed by atoms with Crippen molar-refractivity contribution < 1.29 is 23.2 Å². The first-order chi connectivity index (χ1) is 14.8. The van der Waals surface area contributed by atoms with Crippen molar-refractivity contribution in [2.24, 2.45) is 5.92 Å². The van der Waals surface area contributed by atoms with Crippen molar-refractivity contribution in [3.05, 3.63) is 57.3 Å². The third kappa shape index (κ3) is 6.69. The maximum absolute atomic E-state index is 13.2. The summed E-state index contributed by atoms with van der Waals surface area (Å²) in [6.07, 6.45) is 3.14. The molecule has 1 fully saturated rings. The molecule has 1 unspecified atom stereocenters. The molecule has 0 radical (unpaired) electrons. The van der Waals surface area contributed by atoms with Crippen LogP contribution >= 0.6 is 11.3 Å². The molecule has 31 heavy (non-hydrogen) atoms. The van der Waals surface area contributed by atoms with E-state index in [1.54, 1.807) is 6.07 Å². The van der Waals surface area contributed by atoms with Gasteiger partial charge in [0.25, 0.3) is 0 Å². The molecule has 1 N–H and O–H groups in total. The summed E-state index contributed by atoms with van der Waals surface area (Å²) in [5, 5.41) is 4.58. The Labute approximate surface area is 184 Å². The van der Waals surface area contributed by atoms with E-state index >= 15 is 0 Å². The summed E-state index contributed by atoms with van der Waals surface area (Å²) in [6, 6.07) is 5.34. The molecular formula is C23H26F2N2O3S. The van der Waals surface area contributed by atoms with Crippen LogP contribution in [0.25, 0.3) is 0 Å². The van der Waals surface area contributed by atoms with E-state index in [-0.39, 0.29) is 36.5 Å². The molecule has 1 atom stereocenters. The Morgan fingerprint density at radius 1 is 1.16 bits per heavy atom. The number of likely N-dealkylation sites (tertiary alicyclic amines) is 1. The van der Waals surface area contributed by atoms with Gasteiger partial charge in [0, 0.05) is 26.1 Å². The van der Waals surface area contributed by atoms with Crippen molar-refractivity contribution >= 4 is 28.9 Å². The smallest absolute Gasteiger partial charge is 0.227 e. The van der Waals surface area contributed by atoms with Crippen molar-refractivity contribution in [3.8, 4) is 0 Å². The van der Waals surface area contributed by atoms with Crippen molar-refractivity contribution in [2.45, 2.75) is 45.6 Å². The molecule has 0 bridgehead atoms. The predicted octanol–water partition coefficient (Wildman–Crippen LogP) is 4.11. The lowest BCUT2D eigenvalue weighted by Crippen LogP contribution is -2.41. The van der Waals surface area contributed by atoms with Gasteiger partial charge in [0.05, 0.1) is 11.3 Å². The summed E-state index contributed by atoms with van der Waals surface area (Å²) in [5.74, 6) is -1.70. The zero-order valence-corrected chi connectivity index (χ0v) is 18.3. The number of piperidine rings is 1. The molecule has 1 aromatic carbocycles. The van der Waals surface area contributed by atoms with Gasteiger partial charge in [0.2, 0.25) is 11.8 Å². The number of Topliss-reactive ketones (excluding diaryl/α,β-unsaturated/α-hetero) is 1. The fraction of sp³-hybridized carbons (Fsp3) is 0.435. The van der Waals surface area contributed by atoms with Gasteiger partial charge in [-0.1, -0.05) is 6.07 Å². The molecule has 2 amide bonds. The number of carbonyl (C=O) groups is 3. The SMILES string of the molecule is CC(=O)c1cc(CC(=O)N2CCCC(CCC(=O)NCc3ccc(F)c(F)c3)C2)cs1. The van der Waals surface area contributed by atoms with E-state index in [1.165, 1.54) is 24.3 Å². The summed E-state index contributed by atoms with van der Waals surface area (Å²) in [4.78, 5) is 38.7. The summed E-state index contributed by atoms with van der Waals surface area (Å²) < 4.78 is 26.2. The summed E-state index contributed by atoms with van der Waals surface area (Å²) >= 11 is 1.36. The minimum absolute atomic E-state index is 0.00424. The molecule has 1 aromatic heterocycles. The molecular weight excluding hydrogens is 422 g/mol. The van der Waals surface area contributed by atoms with Crippen molar-refractivity contribution in [1.29, 1.82) is 0 Å². The van der Waals surface area contributed by atoms with Crippen LogP contribution in [0, 0.1) is 17.6 Å². The maximum Gasteiger partial charge on any atom is 0.227 e. The van der Waals surface area contributed by atoms with Gasteiger partial charge in [0.15, 0.2) is 17.4 Å². The fourth-order valence-electron chi connectivity index (χ4n) is 3.74. The molecule has 0 spiro atoms. The lowest BCUT2D eigenvalue weighted by molar-refractivity contribution is -0.132. The predicted molar refractivity (Wildman–Crippen MR) is 115 cm³/mol. The van der Waals surface area contributed by atoms with Gasteiger partial charge >= 0.3 is 0 Å². The molecule has 1 aliphatic heterocycles. The standard InChI is InChI=1S/C23H26F2N2O3S/c1-15(28)21-10-18(14-31-21)11-23(30)27-8-2-3-16(13-27)5-7-22(29)26-12-17-4-6-19(24)20(25)9-17/h4,6,9-10,14,16H,2-3,5,7-8,11-13H2,1H3,(H,26,29). The lowest BCUT2D eigenvalue weighted by atomic mass is 9.93. The Morgan fingerprint density at radius 3 is 2.68 bits per heavy atom. The Hall–Kier alpha value is -2.61. The van der Waals surface area contributed by atoms with Gasteiger partial charge in [-0.25, -0.2) is 8.78 Å². The van der Waals surface area contributed by atoms with Crippen molar-refractivity contribution in [3.63, 3.8) is 0 Å². The van der Waals surface area contributed by atoms with E-state index in [1.807, 2.05) is 10.3 Å². The van der Waals surface area contributed by atoms with E-state index in [9.17, 15) is 23.2 Å². The number of halogens is 2. The number of thiophene rings is 1. The zero-order valence-electron chi connectivity index (χ0n) is 17.5. The van der Waals surface area contributed by atoms with Crippen LogP contribution in [0.5, 0.6) is 0 Å². The average Bonchev–Trinajstić information content (AvgIpc) is 3.22. The highest BCUT2D eigenvalue weighted by molar-refractivity contribution is 7.12. The van der Waals surface area contributed by atoms with Crippen LogP contribution in [-0.4, -0.2) is 35.6 Å². The monoisotopic (exact) mass is 448 g/mol. The number of ketones is 1. The second-order valence-corrected chi connectivity index (χ2v) is 8.88. The Morgan fingerprint density at radius 2 is 1.97 bits per heavy atom. The third-order valence-electron chi connectivity index (χ3n) is 5.48. The topological polar surface area (TPSA) is 66.5 Å². The molecule has 3 rings (SSSR count). The van der Waals surface area contributed by atoms with Gasteiger partial charge in [0.1, 0.15) is 0 Å². The molecule has 1 aliphatic rings. The maximum atomic E-state index is 13.2. The number of nitrogens with one attached hydrogen (secondary N) is 1. The van der Waals surface area contributed by atoms with E-state index in [0.717, 1.165) is 30.5 Å². The Balaban J connectivity index is 1.42. The summed E-state index contributed by atoms with van der Waals surface area (Å²) in [6.45, 7) is 3.00. The van der Waals surface area contributed by atoms with Crippen LogP contribution in [0.2, 0.25) is 0 Å². The minimum Gasteiger partial charge on any atom is -0.352 e. The van der Waals surface area contributed by atoms with Gasteiger partial charge in [-0.15, -0.1) is 11.3 Å². The highest BCUT2D eigenvalue weighted by Gasteiger charge is 2.24. The number of hydrogen-bond donors (Lipinski definition) is 1. The minimum atomic E-state index is -0.932.